The van der Waals surface area contributed by atoms with Gasteiger partial charge in [0.25, 0.3) is 5.91 Å². The molecule has 2 saturated heterocycles. The Morgan fingerprint density at radius 1 is 1.06 bits per heavy atom. The van der Waals surface area contributed by atoms with Crippen molar-refractivity contribution in [3.05, 3.63) is 53.6 Å². The number of hydrogen-bond donors (Lipinski definition) is 1. The minimum atomic E-state index is -0.923. The van der Waals surface area contributed by atoms with Crippen LogP contribution in [0.3, 0.4) is 0 Å². The number of fused-ring (bicyclic) bond motifs is 2. The van der Waals surface area contributed by atoms with Gasteiger partial charge in [-0.25, -0.2) is 0 Å². The van der Waals surface area contributed by atoms with Crippen molar-refractivity contribution < 1.29 is 19.5 Å². The summed E-state index contributed by atoms with van der Waals surface area (Å²) in [6.07, 6.45) is 8.85. The quantitative estimate of drug-likeness (QED) is 0.593. The van der Waals surface area contributed by atoms with Crippen LogP contribution in [0.15, 0.2) is 48.6 Å². The molecule has 6 atom stereocenters. The number of thioether (sulfide) groups is 1. The molecule has 1 aromatic rings. The van der Waals surface area contributed by atoms with Crippen LogP contribution in [0.1, 0.15) is 27.2 Å². The van der Waals surface area contributed by atoms with E-state index in [1.54, 1.807) is 52.8 Å². The number of nitrogens with zero attached hydrogens (tertiary/aromatic N) is 3. The van der Waals surface area contributed by atoms with Crippen molar-refractivity contribution in [2.24, 2.45) is 11.8 Å². The minimum Gasteiger partial charge on any atom is -0.394 e. The summed E-state index contributed by atoms with van der Waals surface area (Å²) in [5.74, 6) is -1.79. The second-order valence-electron chi connectivity index (χ2n) is 10.3. The smallest absolute Gasteiger partial charge is 0.251 e. The van der Waals surface area contributed by atoms with Crippen LogP contribution in [-0.4, -0.2) is 80.4 Å². The second kappa shape index (κ2) is 9.23. The fourth-order valence-corrected chi connectivity index (χ4v) is 8.67. The van der Waals surface area contributed by atoms with Crippen molar-refractivity contribution in [1.82, 2.24) is 9.80 Å². The standard InChI is InChI=1S/C27H32ClN3O4S/c1-4-13-29-14-5-11-26(3)20(23(29)33)21-24(34)31(17(2)16-32)22-25(35)30(15-6-12-27(21,22)36-26)19-9-7-18(28)8-10-19/h5-12,17,20-22,32H,4,13-16H2,1-3H3/t17-,20-,21+,22?,26+,27+/m1/s1. The third-order valence-corrected chi connectivity index (χ3v) is 10.00. The lowest BCUT2D eigenvalue weighted by Crippen LogP contribution is -2.56. The summed E-state index contributed by atoms with van der Waals surface area (Å²) in [6.45, 7) is 7.01. The number of anilines is 1. The van der Waals surface area contributed by atoms with Crippen LogP contribution in [0.4, 0.5) is 5.69 Å². The van der Waals surface area contributed by atoms with Crippen molar-refractivity contribution >= 4 is 46.8 Å². The van der Waals surface area contributed by atoms with E-state index >= 15 is 0 Å². The minimum absolute atomic E-state index is 0.0380. The van der Waals surface area contributed by atoms with Crippen LogP contribution in [0.5, 0.6) is 0 Å². The van der Waals surface area contributed by atoms with Crippen LogP contribution in [-0.2, 0) is 14.4 Å². The number of aliphatic hydroxyl groups excluding tert-OH is 1. The van der Waals surface area contributed by atoms with E-state index in [4.69, 9.17) is 11.6 Å². The Hall–Kier alpha value is -2.29. The fourth-order valence-electron chi connectivity index (χ4n) is 6.40. The topological polar surface area (TPSA) is 81.2 Å². The number of carbonyl (C=O) groups is 3. The molecular formula is C27H32ClN3O4S. The number of hydrogen-bond acceptors (Lipinski definition) is 5. The Kier molecular flexibility index (Phi) is 6.50. The molecule has 1 aromatic carbocycles. The van der Waals surface area contributed by atoms with E-state index in [-0.39, 0.29) is 24.3 Å². The molecule has 0 bridgehead atoms. The van der Waals surface area contributed by atoms with E-state index < -0.39 is 33.4 Å². The van der Waals surface area contributed by atoms with Crippen LogP contribution in [0, 0.1) is 11.8 Å². The van der Waals surface area contributed by atoms with E-state index in [0.717, 1.165) is 6.42 Å². The molecule has 0 aliphatic carbocycles. The molecule has 1 unspecified atom stereocenters. The highest BCUT2D eigenvalue weighted by atomic mass is 35.5. The monoisotopic (exact) mass is 529 g/mol. The Bertz CT molecular complexity index is 1140. The zero-order valence-corrected chi connectivity index (χ0v) is 22.3. The van der Waals surface area contributed by atoms with Crippen LogP contribution >= 0.6 is 23.4 Å². The number of carbonyl (C=O) groups excluding carboxylic acids is 3. The predicted molar refractivity (Wildman–Crippen MR) is 142 cm³/mol. The lowest BCUT2D eigenvalue weighted by Gasteiger charge is -2.38. The molecule has 5 rings (SSSR count). The van der Waals surface area contributed by atoms with Gasteiger partial charge in [-0.3, -0.25) is 14.4 Å². The summed E-state index contributed by atoms with van der Waals surface area (Å²) in [6, 6.07) is 5.65. The zero-order chi connectivity index (χ0) is 25.8. The lowest BCUT2D eigenvalue weighted by molar-refractivity contribution is -0.145. The SMILES string of the molecule is CCCN1CC=C[C@]2(C)S[C@]34C=CCN(c5ccc(Cl)cc5)C(=O)C3N([C@H](C)CO)C(=O)[C@@H]4[C@@H]2C1=O. The summed E-state index contributed by atoms with van der Waals surface area (Å²) in [4.78, 5) is 47.5. The Balaban J connectivity index is 1.65. The Morgan fingerprint density at radius 3 is 2.42 bits per heavy atom. The molecule has 7 nitrogen and oxygen atoms in total. The molecule has 1 spiro atoms. The van der Waals surface area contributed by atoms with Crippen LogP contribution < -0.4 is 4.90 Å². The number of aliphatic hydroxyl groups is 1. The fraction of sp³-hybridized carbons (Fsp3) is 0.519. The summed E-state index contributed by atoms with van der Waals surface area (Å²) < 4.78 is -1.56. The van der Waals surface area contributed by atoms with Gasteiger partial charge in [0.1, 0.15) is 6.04 Å². The van der Waals surface area contributed by atoms with Gasteiger partial charge in [0.2, 0.25) is 11.8 Å². The molecule has 4 aliphatic rings. The van der Waals surface area contributed by atoms with Crippen molar-refractivity contribution in [2.45, 2.75) is 48.8 Å². The van der Waals surface area contributed by atoms with Gasteiger partial charge in [0.15, 0.2) is 0 Å². The third-order valence-electron chi connectivity index (χ3n) is 7.95. The number of benzene rings is 1. The largest absolute Gasteiger partial charge is 0.394 e. The summed E-state index contributed by atoms with van der Waals surface area (Å²) in [5.41, 5.74) is 0.687. The zero-order valence-electron chi connectivity index (χ0n) is 20.8. The Labute approximate surface area is 221 Å². The van der Waals surface area contributed by atoms with E-state index in [9.17, 15) is 19.5 Å². The molecule has 36 heavy (non-hydrogen) atoms. The maximum absolute atomic E-state index is 14.3. The van der Waals surface area contributed by atoms with Gasteiger partial charge in [-0.1, -0.05) is 42.8 Å². The molecule has 3 amide bonds. The van der Waals surface area contributed by atoms with Crippen molar-refractivity contribution in [3.63, 3.8) is 0 Å². The van der Waals surface area contributed by atoms with Crippen LogP contribution in [0.2, 0.25) is 5.02 Å². The summed E-state index contributed by atoms with van der Waals surface area (Å²) in [5, 5.41) is 10.7. The van der Waals surface area contributed by atoms with Gasteiger partial charge in [-0.05, 0) is 44.5 Å². The molecule has 2 fully saturated rings. The molecule has 9 heteroatoms. The summed E-state index contributed by atoms with van der Waals surface area (Å²) in [7, 11) is 0. The normalized spacial score (nSPS) is 34.4. The van der Waals surface area contributed by atoms with Crippen molar-refractivity contribution in [2.75, 3.05) is 31.1 Å². The van der Waals surface area contributed by atoms with Crippen molar-refractivity contribution in [3.8, 4) is 0 Å². The van der Waals surface area contributed by atoms with E-state index in [1.807, 2.05) is 37.0 Å². The highest BCUT2D eigenvalue weighted by Crippen LogP contribution is 2.65. The molecule has 1 N–H and O–H groups in total. The predicted octanol–water partition coefficient (Wildman–Crippen LogP) is 3.12. The maximum Gasteiger partial charge on any atom is 0.251 e. The first kappa shape index (κ1) is 25.4. The first-order chi connectivity index (χ1) is 17.2. The molecule has 4 heterocycles. The lowest BCUT2D eigenvalue weighted by atomic mass is 9.74. The second-order valence-corrected chi connectivity index (χ2v) is 12.5. The van der Waals surface area contributed by atoms with Gasteiger partial charge < -0.3 is 19.8 Å². The molecule has 192 valence electrons. The van der Waals surface area contributed by atoms with Gasteiger partial charge in [0.05, 0.1) is 29.2 Å². The molecule has 0 saturated carbocycles. The molecule has 0 aromatic heterocycles. The molecule has 0 radical (unpaired) electrons. The highest BCUT2D eigenvalue weighted by molar-refractivity contribution is 8.02. The average Bonchev–Trinajstić information content (AvgIpc) is 3.13. The number of halogens is 1. The highest BCUT2D eigenvalue weighted by Gasteiger charge is 2.74. The van der Waals surface area contributed by atoms with E-state index in [1.165, 1.54) is 0 Å². The Morgan fingerprint density at radius 2 is 1.75 bits per heavy atom. The number of likely N-dealkylation sites (tertiary alicyclic amines) is 1. The summed E-state index contributed by atoms with van der Waals surface area (Å²) >= 11 is 7.64. The maximum atomic E-state index is 14.3. The van der Waals surface area contributed by atoms with E-state index in [0.29, 0.717) is 30.3 Å². The van der Waals surface area contributed by atoms with E-state index in [2.05, 4.69) is 6.08 Å². The number of rotatable bonds is 5. The van der Waals surface area contributed by atoms with Gasteiger partial charge in [-0.15, -0.1) is 11.8 Å². The van der Waals surface area contributed by atoms with Gasteiger partial charge in [0, 0.05) is 35.1 Å². The van der Waals surface area contributed by atoms with Crippen molar-refractivity contribution in [1.29, 1.82) is 0 Å². The number of amides is 3. The average molecular weight is 530 g/mol. The first-order valence-corrected chi connectivity index (χ1v) is 13.7. The van der Waals surface area contributed by atoms with Gasteiger partial charge >= 0.3 is 0 Å². The van der Waals surface area contributed by atoms with Crippen LogP contribution in [0.25, 0.3) is 0 Å². The molecule has 4 aliphatic heterocycles. The van der Waals surface area contributed by atoms with Gasteiger partial charge in [-0.2, -0.15) is 0 Å². The third kappa shape index (κ3) is 3.63. The first-order valence-electron chi connectivity index (χ1n) is 12.5. The molecular weight excluding hydrogens is 498 g/mol.